The van der Waals surface area contributed by atoms with E-state index in [0.29, 0.717) is 16.8 Å². The van der Waals surface area contributed by atoms with E-state index >= 15 is 4.39 Å². The van der Waals surface area contributed by atoms with Crippen LogP contribution in [0.5, 0.6) is 0 Å². The van der Waals surface area contributed by atoms with E-state index in [9.17, 15) is 14.0 Å². The number of nitrogens with one attached hydrogen (secondary N) is 1. The number of para-hydroxylation sites is 2. The van der Waals surface area contributed by atoms with Gasteiger partial charge in [0.05, 0.1) is 35.6 Å². The van der Waals surface area contributed by atoms with Crippen LogP contribution in [0.3, 0.4) is 0 Å². The summed E-state index contributed by atoms with van der Waals surface area (Å²) in [7, 11) is 0. The minimum atomic E-state index is -1.33. The van der Waals surface area contributed by atoms with E-state index in [-0.39, 0.29) is 30.8 Å². The van der Waals surface area contributed by atoms with Crippen LogP contribution in [0.4, 0.5) is 8.78 Å². The van der Waals surface area contributed by atoms with E-state index < -0.39 is 30.1 Å². The Morgan fingerprint density at radius 2 is 1.82 bits per heavy atom. The van der Waals surface area contributed by atoms with Crippen LogP contribution in [0.1, 0.15) is 49.0 Å². The van der Waals surface area contributed by atoms with Crippen LogP contribution >= 0.6 is 0 Å². The van der Waals surface area contributed by atoms with Crippen molar-refractivity contribution in [3.8, 4) is 0 Å². The number of amides is 2. The molecule has 9 heteroatoms. The van der Waals surface area contributed by atoms with Crippen LogP contribution in [0.25, 0.3) is 11.0 Å². The highest BCUT2D eigenvalue weighted by atomic mass is 19.1. The van der Waals surface area contributed by atoms with Gasteiger partial charge in [0.25, 0.3) is 0 Å². The monoisotopic (exact) mass is 529 g/mol. The molecule has 1 N–H and O–H groups in total. The molecule has 2 amide bonds. The molecule has 4 aromatic rings. The van der Waals surface area contributed by atoms with E-state index in [1.54, 1.807) is 23.0 Å². The number of aromatic nitrogens is 3. The van der Waals surface area contributed by atoms with Gasteiger partial charge in [-0.15, -0.1) is 0 Å². The first-order chi connectivity index (χ1) is 18.8. The lowest BCUT2D eigenvalue weighted by molar-refractivity contribution is -0.139. The van der Waals surface area contributed by atoms with Crippen molar-refractivity contribution < 1.29 is 18.4 Å². The van der Waals surface area contributed by atoms with Crippen molar-refractivity contribution in [2.24, 2.45) is 0 Å². The highest BCUT2D eigenvalue weighted by molar-refractivity contribution is 5.89. The number of fused-ring (bicyclic) bond motifs is 1. The molecule has 3 heterocycles. The molecule has 2 fully saturated rings. The first kappa shape index (κ1) is 25.2. The molecule has 0 radical (unpaired) electrons. The Bertz CT molecular complexity index is 1530. The molecular formula is C30H29F2N5O2. The lowest BCUT2D eigenvalue weighted by Gasteiger charge is -2.27. The summed E-state index contributed by atoms with van der Waals surface area (Å²) in [5, 5.41) is 2.94. The quantitative estimate of drug-likeness (QED) is 0.359. The average molecular weight is 530 g/mol. The Labute approximate surface area is 224 Å². The summed E-state index contributed by atoms with van der Waals surface area (Å²) in [5.74, 6) is -1.43. The van der Waals surface area contributed by atoms with Crippen molar-refractivity contribution in [2.45, 2.75) is 56.4 Å². The van der Waals surface area contributed by atoms with Gasteiger partial charge in [0.2, 0.25) is 17.8 Å². The second-order valence-corrected chi connectivity index (χ2v) is 10.7. The standard InChI is InChI=1S/C30H29F2N5O2/c1-30(13-14-30)21-11-12-23(34-28(21)32)27(19-7-3-2-4-8-19)35-29(39)25-15-20(31)16-37(25)26(38)17-36-18-33-22-9-5-6-10-24(22)36/h2-12,18,20,25,27H,13-17H2,1H3,(H,35,39)/t20-,25+,27+/m1/s1. The molecule has 1 aliphatic carbocycles. The van der Waals surface area contributed by atoms with Crippen LogP contribution in [-0.2, 0) is 21.5 Å². The third kappa shape index (κ3) is 4.89. The van der Waals surface area contributed by atoms with Crippen molar-refractivity contribution in [1.29, 1.82) is 0 Å². The van der Waals surface area contributed by atoms with Crippen LogP contribution in [-0.4, -0.2) is 50.0 Å². The van der Waals surface area contributed by atoms with Crippen molar-refractivity contribution >= 4 is 22.8 Å². The Hall–Kier alpha value is -4.14. The van der Waals surface area contributed by atoms with Gasteiger partial charge >= 0.3 is 0 Å². The largest absolute Gasteiger partial charge is 0.342 e. The predicted octanol–water partition coefficient (Wildman–Crippen LogP) is 4.47. The topological polar surface area (TPSA) is 80.1 Å². The molecule has 2 aromatic carbocycles. The number of benzene rings is 2. The van der Waals surface area contributed by atoms with E-state index in [1.807, 2.05) is 61.5 Å². The molecule has 39 heavy (non-hydrogen) atoms. The highest BCUT2D eigenvalue weighted by Gasteiger charge is 2.43. The SMILES string of the molecule is CC1(c2ccc([C@@H](NC(=O)[C@@H]3C[C@@H](F)CN3C(=O)Cn3cnc4ccccc43)c3ccccc3)nc2F)CC1. The van der Waals surface area contributed by atoms with Crippen LogP contribution in [0.15, 0.2) is 73.1 Å². The summed E-state index contributed by atoms with van der Waals surface area (Å²) in [6, 6.07) is 18.3. The van der Waals surface area contributed by atoms with Crippen molar-refractivity contribution in [1.82, 2.24) is 24.8 Å². The Morgan fingerprint density at radius 1 is 1.08 bits per heavy atom. The second-order valence-electron chi connectivity index (χ2n) is 10.7. The molecule has 0 bridgehead atoms. The summed E-state index contributed by atoms with van der Waals surface area (Å²) in [4.78, 5) is 36.7. The maximum absolute atomic E-state index is 15.1. The Kier molecular flexibility index (Phi) is 6.37. The van der Waals surface area contributed by atoms with Gasteiger partial charge in [0, 0.05) is 12.0 Å². The number of likely N-dealkylation sites (tertiary alicyclic amines) is 1. The van der Waals surface area contributed by atoms with Crippen LogP contribution in [0.2, 0.25) is 0 Å². The molecule has 7 nitrogen and oxygen atoms in total. The number of imidazole rings is 1. The van der Waals surface area contributed by atoms with Gasteiger partial charge in [0.15, 0.2) is 0 Å². The normalized spacial score (nSPS) is 20.6. The number of hydrogen-bond acceptors (Lipinski definition) is 4. The summed E-state index contributed by atoms with van der Waals surface area (Å²) >= 11 is 0. The lowest BCUT2D eigenvalue weighted by atomic mass is 9.97. The number of carbonyl (C=O) groups excluding carboxylic acids is 2. The predicted molar refractivity (Wildman–Crippen MR) is 142 cm³/mol. The third-order valence-corrected chi connectivity index (χ3v) is 7.94. The van der Waals surface area contributed by atoms with Gasteiger partial charge in [0.1, 0.15) is 18.8 Å². The summed E-state index contributed by atoms with van der Waals surface area (Å²) < 4.78 is 31.4. The minimum absolute atomic E-state index is 0.0634. The molecule has 2 aliphatic rings. The lowest BCUT2D eigenvalue weighted by Crippen LogP contribution is -2.48. The maximum atomic E-state index is 15.1. The Balaban J connectivity index is 1.25. The molecular weight excluding hydrogens is 500 g/mol. The molecule has 200 valence electrons. The number of nitrogens with zero attached hydrogens (tertiary/aromatic N) is 4. The molecule has 0 spiro atoms. The fourth-order valence-electron chi connectivity index (χ4n) is 5.41. The number of halogens is 2. The van der Waals surface area contributed by atoms with Gasteiger partial charge < -0.3 is 14.8 Å². The number of alkyl halides is 1. The van der Waals surface area contributed by atoms with Crippen LogP contribution in [0, 0.1) is 5.95 Å². The number of carbonyl (C=O) groups is 2. The maximum Gasteiger partial charge on any atom is 0.243 e. The van der Waals surface area contributed by atoms with Gasteiger partial charge in [-0.1, -0.05) is 55.5 Å². The van der Waals surface area contributed by atoms with E-state index in [1.165, 1.54) is 4.90 Å². The highest BCUT2D eigenvalue weighted by Crippen LogP contribution is 2.48. The van der Waals surface area contributed by atoms with Gasteiger partial charge in [-0.25, -0.2) is 14.4 Å². The van der Waals surface area contributed by atoms with E-state index in [0.717, 1.165) is 23.9 Å². The average Bonchev–Trinajstić information content (AvgIpc) is 3.36. The van der Waals surface area contributed by atoms with Crippen LogP contribution < -0.4 is 5.32 Å². The fourth-order valence-corrected chi connectivity index (χ4v) is 5.41. The Morgan fingerprint density at radius 3 is 2.56 bits per heavy atom. The first-order valence-electron chi connectivity index (χ1n) is 13.2. The molecule has 2 aromatic heterocycles. The van der Waals surface area contributed by atoms with E-state index in [4.69, 9.17) is 0 Å². The van der Waals surface area contributed by atoms with Crippen molar-refractivity contribution in [3.63, 3.8) is 0 Å². The second kappa shape index (κ2) is 9.87. The van der Waals surface area contributed by atoms with Crippen molar-refractivity contribution in [3.05, 3.63) is 95.8 Å². The summed E-state index contributed by atoms with van der Waals surface area (Å²) in [5.41, 5.74) is 2.96. The molecule has 1 aliphatic heterocycles. The first-order valence-corrected chi connectivity index (χ1v) is 13.2. The van der Waals surface area contributed by atoms with E-state index in [2.05, 4.69) is 15.3 Å². The number of hydrogen-bond donors (Lipinski definition) is 1. The molecule has 3 atom stereocenters. The third-order valence-electron chi connectivity index (χ3n) is 7.94. The van der Waals surface area contributed by atoms with Gasteiger partial charge in [-0.05, 0) is 42.0 Å². The van der Waals surface area contributed by atoms with Gasteiger partial charge in [-0.3, -0.25) is 9.59 Å². The van der Waals surface area contributed by atoms with Gasteiger partial charge in [-0.2, -0.15) is 4.39 Å². The molecule has 1 saturated carbocycles. The number of pyridine rings is 1. The smallest absolute Gasteiger partial charge is 0.243 e. The summed E-state index contributed by atoms with van der Waals surface area (Å²) in [6.45, 7) is 1.78. The molecule has 1 saturated heterocycles. The minimum Gasteiger partial charge on any atom is -0.342 e. The zero-order valence-corrected chi connectivity index (χ0v) is 21.6. The zero-order valence-electron chi connectivity index (χ0n) is 21.6. The molecule has 0 unspecified atom stereocenters. The fraction of sp³-hybridized carbons (Fsp3) is 0.333. The van der Waals surface area contributed by atoms with Crippen molar-refractivity contribution in [2.75, 3.05) is 6.54 Å². The summed E-state index contributed by atoms with van der Waals surface area (Å²) in [6.07, 6.45) is 1.96. The molecule has 6 rings (SSSR count). The number of rotatable bonds is 7. The zero-order chi connectivity index (χ0) is 27.1.